The third kappa shape index (κ3) is 2.00. The van der Waals surface area contributed by atoms with E-state index in [0.717, 1.165) is 0 Å². The van der Waals surface area contributed by atoms with Gasteiger partial charge >= 0.3 is 0 Å². The highest BCUT2D eigenvalue weighted by Crippen LogP contribution is 2.29. The summed E-state index contributed by atoms with van der Waals surface area (Å²) in [4.78, 5) is 0. The molecule has 0 radical (unpaired) electrons. The maximum Gasteiger partial charge on any atom is 0.106 e. The largest absolute Gasteiger partial charge is 0.396 e. The van der Waals surface area contributed by atoms with Crippen LogP contribution in [-0.2, 0) is 0 Å². The first-order valence-corrected chi connectivity index (χ1v) is 4.37. The van der Waals surface area contributed by atoms with Gasteiger partial charge in [-0.05, 0) is 6.42 Å². The standard InChI is InChI=1S/C8H16O5/c9-2-4-1-5(3-10)7(12)8(13)6(4)11/h4-13H,1-3H2/t4-,5?,6?,7-,8?/m1/s1. The van der Waals surface area contributed by atoms with Crippen molar-refractivity contribution in [1.82, 2.24) is 0 Å². The van der Waals surface area contributed by atoms with Crippen LogP contribution in [0.25, 0.3) is 0 Å². The van der Waals surface area contributed by atoms with Gasteiger partial charge in [0.2, 0.25) is 0 Å². The fourth-order valence-electron chi connectivity index (χ4n) is 1.79. The Morgan fingerprint density at radius 2 is 1.15 bits per heavy atom. The van der Waals surface area contributed by atoms with Crippen LogP contribution in [0, 0.1) is 11.8 Å². The first-order chi connectivity index (χ1) is 6.11. The summed E-state index contributed by atoms with van der Waals surface area (Å²) >= 11 is 0. The number of hydrogen-bond donors (Lipinski definition) is 5. The fraction of sp³-hybridized carbons (Fsp3) is 1.00. The van der Waals surface area contributed by atoms with Crippen LogP contribution in [0.4, 0.5) is 0 Å². The topological polar surface area (TPSA) is 101 Å². The second kappa shape index (κ2) is 4.34. The Morgan fingerprint density at radius 1 is 0.769 bits per heavy atom. The lowest BCUT2D eigenvalue weighted by atomic mass is 9.76. The fourth-order valence-corrected chi connectivity index (χ4v) is 1.79. The average Bonchev–Trinajstić information content (AvgIpc) is 2.15. The Kier molecular flexibility index (Phi) is 3.63. The van der Waals surface area contributed by atoms with Gasteiger partial charge in [0, 0.05) is 25.0 Å². The molecule has 1 aliphatic carbocycles. The van der Waals surface area contributed by atoms with Gasteiger partial charge in [0.1, 0.15) is 6.10 Å². The number of hydrogen-bond acceptors (Lipinski definition) is 5. The van der Waals surface area contributed by atoms with Crippen molar-refractivity contribution in [2.45, 2.75) is 24.7 Å². The predicted molar refractivity (Wildman–Crippen MR) is 43.8 cm³/mol. The lowest BCUT2D eigenvalue weighted by molar-refractivity contribution is -0.148. The van der Waals surface area contributed by atoms with Crippen LogP contribution in [0.2, 0.25) is 0 Å². The van der Waals surface area contributed by atoms with Crippen molar-refractivity contribution < 1.29 is 25.5 Å². The number of rotatable bonds is 2. The highest BCUT2D eigenvalue weighted by Gasteiger charge is 2.41. The van der Waals surface area contributed by atoms with Gasteiger partial charge in [-0.1, -0.05) is 0 Å². The molecule has 1 rings (SSSR count). The molecule has 0 heterocycles. The maximum atomic E-state index is 9.37. The van der Waals surface area contributed by atoms with E-state index in [1.54, 1.807) is 0 Å². The van der Waals surface area contributed by atoms with Gasteiger partial charge in [0.25, 0.3) is 0 Å². The van der Waals surface area contributed by atoms with Gasteiger partial charge in [0.05, 0.1) is 12.2 Å². The molecule has 1 fully saturated rings. The average molecular weight is 192 g/mol. The van der Waals surface area contributed by atoms with Gasteiger partial charge in [-0.15, -0.1) is 0 Å². The smallest absolute Gasteiger partial charge is 0.106 e. The zero-order chi connectivity index (χ0) is 10.0. The third-order valence-corrected chi connectivity index (χ3v) is 2.74. The van der Waals surface area contributed by atoms with E-state index >= 15 is 0 Å². The molecule has 5 atom stereocenters. The van der Waals surface area contributed by atoms with Crippen LogP contribution in [0.5, 0.6) is 0 Å². The molecule has 0 spiro atoms. The van der Waals surface area contributed by atoms with E-state index in [1.807, 2.05) is 0 Å². The molecule has 1 aliphatic rings. The summed E-state index contributed by atoms with van der Waals surface area (Å²) in [5, 5.41) is 45.8. The Labute approximate surface area is 76.3 Å². The minimum Gasteiger partial charge on any atom is -0.396 e. The molecule has 0 aliphatic heterocycles. The molecule has 5 heteroatoms. The number of aliphatic hydroxyl groups excluding tert-OH is 5. The first-order valence-electron chi connectivity index (χ1n) is 4.37. The normalized spacial score (nSPS) is 46.4. The quantitative estimate of drug-likeness (QED) is 0.338. The van der Waals surface area contributed by atoms with Crippen LogP contribution >= 0.6 is 0 Å². The molecular formula is C8H16O5. The molecule has 1 saturated carbocycles. The van der Waals surface area contributed by atoms with Crippen molar-refractivity contribution in [3.05, 3.63) is 0 Å². The first kappa shape index (κ1) is 10.9. The summed E-state index contributed by atoms with van der Waals surface area (Å²) in [5.41, 5.74) is 0. The number of aliphatic hydroxyl groups is 5. The third-order valence-electron chi connectivity index (χ3n) is 2.74. The zero-order valence-electron chi connectivity index (χ0n) is 7.24. The molecule has 0 saturated heterocycles. The Morgan fingerprint density at radius 3 is 1.46 bits per heavy atom. The van der Waals surface area contributed by atoms with E-state index in [4.69, 9.17) is 10.2 Å². The summed E-state index contributed by atoms with van der Waals surface area (Å²) in [6.07, 6.45) is -3.17. The lowest BCUT2D eigenvalue weighted by Gasteiger charge is -2.39. The van der Waals surface area contributed by atoms with Crippen molar-refractivity contribution >= 4 is 0 Å². The molecule has 78 valence electrons. The molecule has 0 aromatic rings. The van der Waals surface area contributed by atoms with Crippen LogP contribution < -0.4 is 0 Å². The van der Waals surface area contributed by atoms with Crippen molar-refractivity contribution in [2.75, 3.05) is 13.2 Å². The highest BCUT2D eigenvalue weighted by atomic mass is 16.4. The van der Waals surface area contributed by atoms with E-state index in [-0.39, 0.29) is 13.2 Å². The molecule has 3 unspecified atom stereocenters. The van der Waals surface area contributed by atoms with Crippen LogP contribution in [0.3, 0.4) is 0 Å². The summed E-state index contributed by atoms with van der Waals surface area (Å²) in [6.45, 7) is -0.497. The van der Waals surface area contributed by atoms with E-state index < -0.39 is 30.1 Å². The van der Waals surface area contributed by atoms with E-state index in [9.17, 15) is 15.3 Å². The summed E-state index contributed by atoms with van der Waals surface area (Å²) < 4.78 is 0. The summed E-state index contributed by atoms with van der Waals surface area (Å²) in [6, 6.07) is 0. The van der Waals surface area contributed by atoms with Gasteiger partial charge in [-0.25, -0.2) is 0 Å². The second-order valence-corrected chi connectivity index (χ2v) is 3.59. The van der Waals surface area contributed by atoms with Gasteiger partial charge < -0.3 is 25.5 Å². The van der Waals surface area contributed by atoms with Crippen LogP contribution in [-0.4, -0.2) is 57.1 Å². The molecule has 0 bridgehead atoms. The maximum absolute atomic E-state index is 9.37. The van der Waals surface area contributed by atoms with Crippen LogP contribution in [0.15, 0.2) is 0 Å². The summed E-state index contributed by atoms with van der Waals surface area (Å²) in [5.74, 6) is -0.925. The highest BCUT2D eigenvalue weighted by molar-refractivity contribution is 4.91. The molecule has 5 nitrogen and oxygen atoms in total. The lowest BCUT2D eigenvalue weighted by Crippen LogP contribution is -2.52. The second-order valence-electron chi connectivity index (χ2n) is 3.59. The zero-order valence-corrected chi connectivity index (χ0v) is 7.24. The van der Waals surface area contributed by atoms with Crippen molar-refractivity contribution in [3.8, 4) is 0 Å². The van der Waals surface area contributed by atoms with Crippen molar-refractivity contribution in [3.63, 3.8) is 0 Å². The van der Waals surface area contributed by atoms with Gasteiger partial charge in [0.15, 0.2) is 0 Å². The Bertz CT molecular complexity index is 143. The molecule has 5 N–H and O–H groups in total. The van der Waals surface area contributed by atoms with E-state index in [1.165, 1.54) is 0 Å². The van der Waals surface area contributed by atoms with Gasteiger partial charge in [-0.2, -0.15) is 0 Å². The Balaban J connectivity index is 2.66. The molecule has 0 aromatic carbocycles. The monoisotopic (exact) mass is 192 g/mol. The van der Waals surface area contributed by atoms with E-state index in [2.05, 4.69) is 0 Å². The van der Waals surface area contributed by atoms with E-state index in [0.29, 0.717) is 6.42 Å². The molecule has 13 heavy (non-hydrogen) atoms. The summed E-state index contributed by atoms with van der Waals surface area (Å²) in [7, 11) is 0. The van der Waals surface area contributed by atoms with Crippen LogP contribution in [0.1, 0.15) is 6.42 Å². The Hall–Kier alpha value is -0.200. The van der Waals surface area contributed by atoms with Gasteiger partial charge in [-0.3, -0.25) is 0 Å². The molecule has 0 amide bonds. The predicted octanol–water partition coefficient (Wildman–Crippen LogP) is -2.31. The SMILES string of the molecule is OCC1C[C@H](CO)C(O)C(O)[C@@H]1O. The van der Waals surface area contributed by atoms with Crippen molar-refractivity contribution in [1.29, 1.82) is 0 Å². The van der Waals surface area contributed by atoms with Crippen molar-refractivity contribution in [2.24, 2.45) is 11.8 Å². The molecule has 0 aromatic heterocycles. The molecular weight excluding hydrogens is 176 g/mol. The minimum absolute atomic E-state index is 0.249. The minimum atomic E-state index is -1.27.